The number of pyridine rings is 1. The van der Waals surface area contributed by atoms with Crippen LogP contribution in [0.3, 0.4) is 0 Å². The third kappa shape index (κ3) is 5.38. The number of nitro groups is 1. The molecule has 194 valence electrons. The number of anilines is 3. The molecular formula is C25H30N8O4. The van der Waals surface area contributed by atoms with Gasteiger partial charge in [0.1, 0.15) is 22.8 Å². The second-order valence-electron chi connectivity index (χ2n) is 8.82. The lowest BCUT2D eigenvalue weighted by molar-refractivity contribution is -0.384. The Hall–Kier alpha value is -4.45. The lowest BCUT2D eigenvalue weighted by Gasteiger charge is -2.22. The van der Waals surface area contributed by atoms with Gasteiger partial charge in [0.05, 0.1) is 31.0 Å². The van der Waals surface area contributed by atoms with Gasteiger partial charge in [0, 0.05) is 62.7 Å². The highest BCUT2D eigenvalue weighted by molar-refractivity contribution is 5.83. The minimum Gasteiger partial charge on any atom is -0.494 e. The van der Waals surface area contributed by atoms with E-state index in [2.05, 4.69) is 20.3 Å². The maximum Gasteiger partial charge on any atom is 0.294 e. The molecule has 4 rings (SSSR count). The molecule has 0 fully saturated rings. The Kier molecular flexibility index (Phi) is 7.39. The largest absolute Gasteiger partial charge is 0.494 e. The van der Waals surface area contributed by atoms with E-state index in [0.29, 0.717) is 35.1 Å². The molecule has 0 atom stereocenters. The average Bonchev–Trinajstić information content (AvgIpc) is 3.26. The summed E-state index contributed by atoms with van der Waals surface area (Å²) in [6.07, 6.45) is 5.21. The van der Waals surface area contributed by atoms with Crippen LogP contribution in [0.2, 0.25) is 0 Å². The second kappa shape index (κ2) is 10.7. The molecule has 0 amide bonds. The van der Waals surface area contributed by atoms with Gasteiger partial charge in [-0.15, -0.1) is 0 Å². The number of rotatable bonds is 10. The summed E-state index contributed by atoms with van der Waals surface area (Å²) in [4.78, 5) is 28.9. The van der Waals surface area contributed by atoms with Gasteiger partial charge in [0.15, 0.2) is 5.75 Å². The van der Waals surface area contributed by atoms with Crippen molar-refractivity contribution < 1.29 is 14.4 Å². The second-order valence-corrected chi connectivity index (χ2v) is 8.82. The molecule has 12 heteroatoms. The van der Waals surface area contributed by atoms with Crippen LogP contribution in [0.15, 0.2) is 42.9 Å². The number of methoxy groups -OCH3 is 2. The minimum atomic E-state index is -0.410. The highest BCUT2D eigenvalue weighted by atomic mass is 16.6. The number of nitro benzene ring substituents is 1. The Labute approximate surface area is 214 Å². The summed E-state index contributed by atoms with van der Waals surface area (Å²) in [5, 5.41) is 16.0. The van der Waals surface area contributed by atoms with Gasteiger partial charge < -0.3 is 29.2 Å². The van der Waals surface area contributed by atoms with Gasteiger partial charge in [-0.1, -0.05) is 0 Å². The minimum absolute atomic E-state index is 0.0583. The molecule has 0 bridgehead atoms. The van der Waals surface area contributed by atoms with Crippen LogP contribution in [-0.2, 0) is 7.05 Å². The molecule has 0 saturated heterocycles. The van der Waals surface area contributed by atoms with Gasteiger partial charge in [-0.2, -0.15) is 0 Å². The maximum absolute atomic E-state index is 11.9. The van der Waals surface area contributed by atoms with Crippen LogP contribution in [0.1, 0.15) is 0 Å². The molecule has 1 N–H and O–H groups in total. The molecule has 0 saturated carbocycles. The van der Waals surface area contributed by atoms with Crippen molar-refractivity contribution in [3.8, 4) is 22.8 Å². The molecule has 3 heterocycles. The van der Waals surface area contributed by atoms with Crippen molar-refractivity contribution in [2.24, 2.45) is 7.05 Å². The van der Waals surface area contributed by atoms with Crippen molar-refractivity contribution in [2.75, 3.05) is 58.7 Å². The topological polar surface area (TPSA) is 124 Å². The predicted octanol–water partition coefficient (Wildman–Crippen LogP) is 3.70. The standard InChI is InChI=1S/C25H30N8O4/c1-30(2)9-10-31(3)19-13-21(36-5)18(12-20(19)33(34)35)28-25-27-15-22(37-6)23(29-25)17-11-16-7-8-32(4)24(16)26-14-17/h7-8,11-15H,9-10H2,1-6H3,(H,27,28,29). The summed E-state index contributed by atoms with van der Waals surface area (Å²) < 4.78 is 13.0. The SMILES string of the molecule is COc1cc(N(C)CCN(C)C)c([N+](=O)[O-])cc1Nc1ncc(OC)c(-c2cnc3c(ccn3C)c2)n1. The number of aryl methyl sites for hydroxylation is 1. The highest BCUT2D eigenvalue weighted by Gasteiger charge is 2.23. The maximum atomic E-state index is 11.9. The van der Waals surface area contributed by atoms with E-state index in [9.17, 15) is 10.1 Å². The highest BCUT2D eigenvalue weighted by Crippen LogP contribution is 2.39. The van der Waals surface area contributed by atoms with E-state index in [1.165, 1.54) is 13.2 Å². The van der Waals surface area contributed by atoms with Crippen LogP contribution in [0.5, 0.6) is 11.5 Å². The average molecular weight is 507 g/mol. The molecule has 4 aromatic rings. The molecule has 0 unspecified atom stereocenters. The molecule has 37 heavy (non-hydrogen) atoms. The quantitative estimate of drug-likeness (QED) is 0.251. The van der Waals surface area contributed by atoms with Crippen LogP contribution in [0.4, 0.5) is 23.0 Å². The summed E-state index contributed by atoms with van der Waals surface area (Å²) >= 11 is 0. The number of likely N-dealkylation sites (N-methyl/N-ethyl adjacent to an activating group) is 2. The zero-order valence-corrected chi connectivity index (χ0v) is 21.7. The molecule has 1 aromatic carbocycles. The summed E-state index contributed by atoms with van der Waals surface area (Å²) in [6.45, 7) is 1.34. The van der Waals surface area contributed by atoms with Crippen molar-refractivity contribution >= 4 is 34.0 Å². The van der Waals surface area contributed by atoms with E-state index in [0.717, 1.165) is 23.1 Å². The molecule has 0 aliphatic heterocycles. The monoisotopic (exact) mass is 506 g/mol. The van der Waals surface area contributed by atoms with Crippen LogP contribution >= 0.6 is 0 Å². The number of nitrogens with one attached hydrogen (secondary N) is 1. The zero-order valence-electron chi connectivity index (χ0n) is 21.7. The zero-order chi connectivity index (χ0) is 26.7. The number of benzene rings is 1. The first-order valence-corrected chi connectivity index (χ1v) is 11.5. The van der Waals surface area contributed by atoms with E-state index in [1.54, 1.807) is 25.6 Å². The number of ether oxygens (including phenoxy) is 2. The van der Waals surface area contributed by atoms with Gasteiger partial charge in [-0.25, -0.2) is 15.0 Å². The Balaban J connectivity index is 1.72. The molecule has 12 nitrogen and oxygen atoms in total. The lowest BCUT2D eigenvalue weighted by atomic mass is 10.1. The number of nitrogens with zero attached hydrogens (tertiary/aromatic N) is 7. The fraction of sp³-hybridized carbons (Fsp3) is 0.320. The van der Waals surface area contributed by atoms with Crippen molar-refractivity contribution in [2.45, 2.75) is 0 Å². The molecular weight excluding hydrogens is 476 g/mol. The lowest BCUT2D eigenvalue weighted by Crippen LogP contribution is -2.28. The van der Waals surface area contributed by atoms with Crippen LogP contribution in [0, 0.1) is 10.1 Å². The van der Waals surface area contributed by atoms with E-state index >= 15 is 0 Å². The molecule has 0 aliphatic rings. The van der Waals surface area contributed by atoms with Gasteiger partial charge in [0.25, 0.3) is 5.69 Å². The number of aromatic nitrogens is 4. The Morgan fingerprint density at radius 2 is 1.81 bits per heavy atom. The summed E-state index contributed by atoms with van der Waals surface area (Å²) in [5.41, 5.74) is 2.89. The van der Waals surface area contributed by atoms with Crippen molar-refractivity contribution in [3.05, 3.63) is 53.0 Å². The van der Waals surface area contributed by atoms with Gasteiger partial charge in [0.2, 0.25) is 5.95 Å². The fourth-order valence-electron chi connectivity index (χ4n) is 3.94. The van der Waals surface area contributed by atoms with Crippen LogP contribution in [-0.4, -0.2) is 77.8 Å². The normalized spacial score (nSPS) is 11.1. The Bertz CT molecular complexity index is 1440. The van der Waals surface area contributed by atoms with Crippen molar-refractivity contribution in [3.63, 3.8) is 0 Å². The number of fused-ring (bicyclic) bond motifs is 1. The van der Waals surface area contributed by atoms with E-state index in [4.69, 9.17) is 9.47 Å². The summed E-state index contributed by atoms with van der Waals surface area (Å²) in [6, 6.07) is 7.03. The smallest absolute Gasteiger partial charge is 0.294 e. The summed E-state index contributed by atoms with van der Waals surface area (Å²) in [7, 11) is 10.7. The predicted molar refractivity (Wildman–Crippen MR) is 143 cm³/mol. The van der Waals surface area contributed by atoms with Crippen molar-refractivity contribution in [1.82, 2.24) is 24.4 Å². The molecule has 3 aromatic heterocycles. The van der Waals surface area contributed by atoms with E-state index < -0.39 is 4.92 Å². The summed E-state index contributed by atoms with van der Waals surface area (Å²) in [5.74, 6) is 1.12. The Morgan fingerprint density at radius 3 is 2.49 bits per heavy atom. The fourth-order valence-corrected chi connectivity index (χ4v) is 3.94. The molecule has 0 aliphatic carbocycles. The molecule has 0 spiro atoms. The first kappa shape index (κ1) is 25.6. The number of hydrogen-bond donors (Lipinski definition) is 1. The third-order valence-corrected chi connectivity index (χ3v) is 5.99. The van der Waals surface area contributed by atoms with E-state index in [1.807, 2.05) is 60.9 Å². The van der Waals surface area contributed by atoms with Gasteiger partial charge >= 0.3 is 0 Å². The first-order chi connectivity index (χ1) is 17.7. The van der Waals surface area contributed by atoms with Gasteiger partial charge in [-0.3, -0.25) is 10.1 Å². The third-order valence-electron chi connectivity index (χ3n) is 5.99. The Morgan fingerprint density at radius 1 is 1.05 bits per heavy atom. The van der Waals surface area contributed by atoms with Crippen LogP contribution in [0.25, 0.3) is 22.3 Å². The number of hydrogen-bond acceptors (Lipinski definition) is 10. The van der Waals surface area contributed by atoms with E-state index in [-0.39, 0.29) is 11.6 Å². The molecule has 0 radical (unpaired) electrons. The van der Waals surface area contributed by atoms with Crippen LogP contribution < -0.4 is 19.7 Å². The first-order valence-electron chi connectivity index (χ1n) is 11.5. The van der Waals surface area contributed by atoms with Crippen molar-refractivity contribution in [1.29, 1.82) is 0 Å². The van der Waals surface area contributed by atoms with Gasteiger partial charge in [-0.05, 0) is 26.2 Å².